The number of hydrogen-bond donors (Lipinski definition) is 3. The van der Waals surface area contributed by atoms with Gasteiger partial charge in [0.25, 0.3) is 0 Å². The summed E-state index contributed by atoms with van der Waals surface area (Å²) in [6.07, 6.45) is -0.723. The number of halogens is 1. The molecule has 1 atom stereocenters. The molecule has 3 N–H and O–H groups in total. The van der Waals surface area contributed by atoms with E-state index in [1.54, 1.807) is 19.1 Å². The van der Waals surface area contributed by atoms with Crippen LogP contribution in [0.25, 0.3) is 0 Å². The molecule has 0 saturated heterocycles. The molecular weight excluding hydrogens is 284 g/mol. The van der Waals surface area contributed by atoms with Crippen molar-refractivity contribution in [2.24, 2.45) is 0 Å². The van der Waals surface area contributed by atoms with Crippen molar-refractivity contribution in [1.29, 1.82) is 0 Å². The molecule has 0 heterocycles. The lowest BCUT2D eigenvalue weighted by Crippen LogP contribution is -2.38. The third-order valence-corrected chi connectivity index (χ3v) is 2.90. The average Bonchev–Trinajstić information content (AvgIpc) is 2.39. The van der Waals surface area contributed by atoms with Crippen LogP contribution in [0.1, 0.15) is 12.5 Å². The third-order valence-electron chi connectivity index (χ3n) is 2.49. The Labute approximate surface area is 122 Å². The number of aryl methyl sites for hydroxylation is 1. The predicted molar refractivity (Wildman–Crippen MR) is 76.1 cm³/mol. The predicted octanol–water partition coefficient (Wildman–Crippen LogP) is 1.09. The molecule has 1 aromatic carbocycles. The van der Waals surface area contributed by atoms with E-state index < -0.39 is 17.9 Å². The summed E-state index contributed by atoms with van der Waals surface area (Å²) in [4.78, 5) is 23.2. The van der Waals surface area contributed by atoms with Crippen LogP contribution >= 0.6 is 11.6 Å². The van der Waals surface area contributed by atoms with Gasteiger partial charge in [-0.2, -0.15) is 0 Å². The molecule has 0 aliphatic carbocycles. The fraction of sp³-hybridized carbons (Fsp3) is 0.385. The molecule has 0 bridgehead atoms. The van der Waals surface area contributed by atoms with Crippen LogP contribution in [-0.4, -0.2) is 36.7 Å². The first kappa shape index (κ1) is 16.3. The molecule has 0 radical (unpaired) electrons. The lowest BCUT2D eigenvalue weighted by atomic mass is 10.2. The van der Waals surface area contributed by atoms with Crippen molar-refractivity contribution in [3.63, 3.8) is 0 Å². The normalized spacial score (nSPS) is 11.7. The Balaban J connectivity index is 2.80. The molecule has 2 amide bonds. The van der Waals surface area contributed by atoms with Crippen molar-refractivity contribution < 1.29 is 19.4 Å². The van der Waals surface area contributed by atoms with Crippen molar-refractivity contribution in [1.82, 2.24) is 5.32 Å². The van der Waals surface area contributed by atoms with Gasteiger partial charge in [0.05, 0.1) is 18.9 Å². The Bertz CT molecular complexity index is 517. The maximum Gasteiger partial charge on any atom is 0.313 e. The van der Waals surface area contributed by atoms with E-state index in [4.69, 9.17) is 21.4 Å². The van der Waals surface area contributed by atoms with Gasteiger partial charge < -0.3 is 20.5 Å². The summed E-state index contributed by atoms with van der Waals surface area (Å²) < 4.78 is 5.09. The topological polar surface area (TPSA) is 87.7 Å². The monoisotopic (exact) mass is 300 g/mol. The van der Waals surface area contributed by atoms with E-state index in [1.807, 2.05) is 0 Å². The lowest BCUT2D eigenvalue weighted by molar-refractivity contribution is -0.136. The summed E-state index contributed by atoms with van der Waals surface area (Å²) >= 11 is 5.95. The molecule has 0 aromatic heterocycles. The molecule has 0 aliphatic heterocycles. The molecule has 0 aliphatic rings. The van der Waals surface area contributed by atoms with Crippen LogP contribution in [0.5, 0.6) is 5.75 Å². The zero-order chi connectivity index (χ0) is 15.3. The molecule has 0 saturated carbocycles. The number of anilines is 1. The van der Waals surface area contributed by atoms with Gasteiger partial charge in [0.1, 0.15) is 5.75 Å². The molecule has 1 unspecified atom stereocenters. The van der Waals surface area contributed by atoms with Gasteiger partial charge in [-0.1, -0.05) is 11.6 Å². The van der Waals surface area contributed by atoms with Crippen LogP contribution in [0, 0.1) is 6.92 Å². The van der Waals surface area contributed by atoms with Gasteiger partial charge in [-0.3, -0.25) is 9.59 Å². The maximum atomic E-state index is 11.7. The first-order chi connectivity index (χ1) is 9.35. The van der Waals surface area contributed by atoms with Gasteiger partial charge in [0, 0.05) is 17.6 Å². The Morgan fingerprint density at radius 3 is 2.60 bits per heavy atom. The number of hydrogen-bond acceptors (Lipinski definition) is 4. The number of benzene rings is 1. The number of nitrogens with one attached hydrogen (secondary N) is 2. The van der Waals surface area contributed by atoms with Crippen LogP contribution in [0.4, 0.5) is 5.69 Å². The minimum absolute atomic E-state index is 0.00301. The quantitative estimate of drug-likeness (QED) is 0.727. The largest absolute Gasteiger partial charge is 0.495 e. The van der Waals surface area contributed by atoms with E-state index in [2.05, 4.69) is 10.6 Å². The Hall–Kier alpha value is -1.79. The van der Waals surface area contributed by atoms with Crippen molar-refractivity contribution >= 4 is 29.1 Å². The average molecular weight is 301 g/mol. The van der Waals surface area contributed by atoms with Crippen molar-refractivity contribution in [2.45, 2.75) is 20.0 Å². The van der Waals surface area contributed by atoms with Gasteiger partial charge in [-0.05, 0) is 25.5 Å². The maximum absolute atomic E-state index is 11.7. The van der Waals surface area contributed by atoms with E-state index in [0.29, 0.717) is 16.5 Å². The van der Waals surface area contributed by atoms with E-state index in [-0.39, 0.29) is 6.54 Å². The summed E-state index contributed by atoms with van der Waals surface area (Å²) in [7, 11) is 1.43. The molecule has 6 nitrogen and oxygen atoms in total. The highest BCUT2D eigenvalue weighted by Gasteiger charge is 2.17. The molecule has 0 fully saturated rings. The number of aliphatic hydroxyl groups excluding tert-OH is 1. The van der Waals surface area contributed by atoms with E-state index in [0.717, 1.165) is 5.56 Å². The Morgan fingerprint density at radius 1 is 1.40 bits per heavy atom. The highest BCUT2D eigenvalue weighted by Crippen LogP contribution is 2.30. The lowest BCUT2D eigenvalue weighted by Gasteiger charge is -2.12. The summed E-state index contributed by atoms with van der Waals surface area (Å²) in [5.41, 5.74) is 1.10. The number of amides is 2. The van der Waals surface area contributed by atoms with E-state index >= 15 is 0 Å². The Kier molecular flexibility index (Phi) is 5.79. The highest BCUT2D eigenvalue weighted by molar-refractivity contribution is 6.40. The summed E-state index contributed by atoms with van der Waals surface area (Å²) in [5.74, 6) is -1.32. The summed E-state index contributed by atoms with van der Waals surface area (Å²) in [6.45, 7) is 3.28. The summed E-state index contributed by atoms with van der Waals surface area (Å²) in [5, 5.41) is 14.3. The number of carbonyl (C=O) groups excluding carboxylic acids is 2. The molecule has 110 valence electrons. The Morgan fingerprint density at radius 2 is 2.05 bits per heavy atom. The number of ether oxygens (including phenoxy) is 1. The van der Waals surface area contributed by atoms with Crippen molar-refractivity contribution in [2.75, 3.05) is 19.0 Å². The first-order valence-corrected chi connectivity index (χ1v) is 6.34. The number of methoxy groups -OCH3 is 1. The SMILES string of the molecule is COc1cc(Cl)c(C)cc1NC(=O)C(=O)NCC(C)O. The minimum Gasteiger partial charge on any atom is -0.495 e. The first-order valence-electron chi connectivity index (χ1n) is 5.96. The number of rotatable bonds is 4. The number of aliphatic hydroxyl groups is 1. The van der Waals surface area contributed by atoms with Gasteiger partial charge in [0.15, 0.2) is 0 Å². The third kappa shape index (κ3) is 4.40. The van der Waals surface area contributed by atoms with Crippen LogP contribution in [0.2, 0.25) is 5.02 Å². The van der Waals surface area contributed by atoms with Gasteiger partial charge in [0.2, 0.25) is 0 Å². The summed E-state index contributed by atoms with van der Waals surface area (Å²) in [6, 6.07) is 3.17. The fourth-order valence-electron chi connectivity index (χ4n) is 1.43. The molecule has 7 heteroatoms. The molecule has 0 spiro atoms. The zero-order valence-corrected chi connectivity index (χ0v) is 12.2. The molecule has 1 aromatic rings. The van der Waals surface area contributed by atoms with Gasteiger partial charge >= 0.3 is 11.8 Å². The fourth-order valence-corrected chi connectivity index (χ4v) is 1.58. The van der Waals surface area contributed by atoms with Crippen LogP contribution in [0.3, 0.4) is 0 Å². The second kappa shape index (κ2) is 7.12. The van der Waals surface area contributed by atoms with Gasteiger partial charge in [-0.25, -0.2) is 0 Å². The van der Waals surface area contributed by atoms with Crippen molar-refractivity contribution in [3.05, 3.63) is 22.7 Å². The zero-order valence-electron chi connectivity index (χ0n) is 11.5. The standard InChI is InChI=1S/C13H17ClN2O4/c1-7-4-10(11(20-3)5-9(7)14)16-13(19)12(18)15-6-8(2)17/h4-5,8,17H,6H2,1-3H3,(H,15,18)(H,16,19). The molecular formula is C13H17ClN2O4. The van der Waals surface area contributed by atoms with Crippen LogP contribution in [-0.2, 0) is 9.59 Å². The molecule has 1 rings (SSSR count). The van der Waals surface area contributed by atoms with Gasteiger partial charge in [-0.15, -0.1) is 0 Å². The van der Waals surface area contributed by atoms with Crippen LogP contribution in [0.15, 0.2) is 12.1 Å². The minimum atomic E-state index is -0.842. The van der Waals surface area contributed by atoms with Crippen LogP contribution < -0.4 is 15.4 Å². The van der Waals surface area contributed by atoms with E-state index in [9.17, 15) is 9.59 Å². The number of carbonyl (C=O) groups is 2. The van der Waals surface area contributed by atoms with E-state index in [1.165, 1.54) is 14.0 Å². The second-order valence-electron chi connectivity index (χ2n) is 4.31. The smallest absolute Gasteiger partial charge is 0.313 e. The highest BCUT2D eigenvalue weighted by atomic mass is 35.5. The second-order valence-corrected chi connectivity index (χ2v) is 4.72. The van der Waals surface area contributed by atoms with Crippen molar-refractivity contribution in [3.8, 4) is 5.75 Å². The molecule has 20 heavy (non-hydrogen) atoms.